The summed E-state index contributed by atoms with van der Waals surface area (Å²) in [6.45, 7) is 7.68. The summed E-state index contributed by atoms with van der Waals surface area (Å²) in [7, 11) is 0. The Kier molecular flexibility index (Phi) is 5.72. The first-order valence-corrected chi connectivity index (χ1v) is 6.26. The number of nitrogens with one attached hydrogen (secondary N) is 1. The lowest BCUT2D eigenvalue weighted by Crippen LogP contribution is -2.48. The van der Waals surface area contributed by atoms with Crippen LogP contribution in [0.15, 0.2) is 18.2 Å². The summed E-state index contributed by atoms with van der Waals surface area (Å²) >= 11 is 0. The maximum absolute atomic E-state index is 10.9. The van der Waals surface area contributed by atoms with Gasteiger partial charge in [0, 0.05) is 43.9 Å². The van der Waals surface area contributed by atoms with Crippen molar-refractivity contribution in [2.45, 2.75) is 26.4 Å². The van der Waals surface area contributed by atoms with Crippen LogP contribution in [-0.2, 0) is 6.54 Å². The van der Waals surface area contributed by atoms with Gasteiger partial charge in [-0.1, -0.05) is 12.1 Å². The molecule has 2 rings (SSSR count). The largest absolute Gasteiger partial charge is 0.312 e. The molecule has 106 valence electrons. The van der Waals surface area contributed by atoms with Crippen LogP contribution >= 0.6 is 12.4 Å². The standard InChI is InChI=1S/C13H19N3O2.ClH/c1-10-3-4-12(7-13(10)16(17)18)9-15-6-5-14-11(2)8-15;/h3-4,7,11,14H,5-6,8-9H2,1-2H3;1H. The summed E-state index contributed by atoms with van der Waals surface area (Å²) in [5.41, 5.74) is 1.95. The molecular weight excluding hydrogens is 266 g/mol. The van der Waals surface area contributed by atoms with Crippen LogP contribution in [0.1, 0.15) is 18.1 Å². The van der Waals surface area contributed by atoms with Crippen LogP contribution < -0.4 is 5.32 Å². The molecular formula is C13H20ClN3O2. The zero-order chi connectivity index (χ0) is 13.1. The average molecular weight is 286 g/mol. The zero-order valence-corrected chi connectivity index (χ0v) is 12.1. The quantitative estimate of drug-likeness (QED) is 0.683. The lowest BCUT2D eigenvalue weighted by Gasteiger charge is -2.31. The molecule has 0 radical (unpaired) electrons. The van der Waals surface area contributed by atoms with E-state index in [2.05, 4.69) is 17.1 Å². The molecule has 0 aromatic heterocycles. The molecule has 1 fully saturated rings. The summed E-state index contributed by atoms with van der Waals surface area (Å²) in [4.78, 5) is 12.9. The minimum absolute atomic E-state index is 0. The van der Waals surface area contributed by atoms with Gasteiger partial charge >= 0.3 is 0 Å². The van der Waals surface area contributed by atoms with Gasteiger partial charge in [-0.25, -0.2) is 0 Å². The number of hydrogen-bond donors (Lipinski definition) is 1. The van der Waals surface area contributed by atoms with E-state index in [1.165, 1.54) is 0 Å². The predicted molar refractivity (Wildman–Crippen MR) is 77.8 cm³/mol. The number of halogens is 1. The first-order chi connectivity index (χ1) is 8.56. The molecule has 1 aliphatic rings. The van der Waals surface area contributed by atoms with Gasteiger partial charge in [-0.15, -0.1) is 12.4 Å². The van der Waals surface area contributed by atoms with Gasteiger partial charge in [-0.2, -0.15) is 0 Å². The normalized spacial score (nSPS) is 19.8. The minimum atomic E-state index is -0.306. The van der Waals surface area contributed by atoms with Crippen molar-refractivity contribution in [2.75, 3.05) is 19.6 Å². The number of nitro benzene ring substituents is 1. The monoisotopic (exact) mass is 285 g/mol. The first-order valence-electron chi connectivity index (χ1n) is 6.26. The molecule has 1 saturated heterocycles. The van der Waals surface area contributed by atoms with Gasteiger partial charge in [0.15, 0.2) is 0 Å². The third kappa shape index (κ3) is 4.16. The molecule has 0 bridgehead atoms. The second kappa shape index (κ2) is 6.84. The van der Waals surface area contributed by atoms with Crippen LogP contribution in [0.25, 0.3) is 0 Å². The molecule has 0 saturated carbocycles. The van der Waals surface area contributed by atoms with Gasteiger partial charge in [0.25, 0.3) is 5.69 Å². The molecule has 1 aliphatic heterocycles. The van der Waals surface area contributed by atoms with Crippen molar-refractivity contribution in [2.24, 2.45) is 0 Å². The minimum Gasteiger partial charge on any atom is -0.312 e. The molecule has 1 heterocycles. The van der Waals surface area contributed by atoms with Crippen LogP contribution in [-0.4, -0.2) is 35.5 Å². The van der Waals surface area contributed by atoms with Gasteiger partial charge in [0.2, 0.25) is 0 Å². The Morgan fingerprint density at radius 2 is 2.26 bits per heavy atom. The van der Waals surface area contributed by atoms with E-state index >= 15 is 0 Å². The Bertz CT molecular complexity index is 454. The summed E-state index contributed by atoms with van der Waals surface area (Å²) < 4.78 is 0. The molecule has 5 nitrogen and oxygen atoms in total. The van der Waals surface area contributed by atoms with Crippen molar-refractivity contribution >= 4 is 18.1 Å². The van der Waals surface area contributed by atoms with Crippen LogP contribution in [0.4, 0.5) is 5.69 Å². The van der Waals surface area contributed by atoms with Crippen LogP contribution in [0, 0.1) is 17.0 Å². The molecule has 6 heteroatoms. The number of nitro groups is 1. The van der Waals surface area contributed by atoms with Gasteiger partial charge in [-0.05, 0) is 19.4 Å². The van der Waals surface area contributed by atoms with E-state index in [0.717, 1.165) is 37.3 Å². The highest BCUT2D eigenvalue weighted by Gasteiger charge is 2.17. The molecule has 0 amide bonds. The van der Waals surface area contributed by atoms with E-state index in [-0.39, 0.29) is 23.0 Å². The molecule has 1 aromatic carbocycles. The lowest BCUT2D eigenvalue weighted by atomic mass is 10.1. The predicted octanol–water partition coefficient (Wildman–Crippen LogP) is 2.12. The Hall–Kier alpha value is -1.17. The summed E-state index contributed by atoms with van der Waals surface area (Å²) in [5, 5.41) is 14.3. The van der Waals surface area contributed by atoms with E-state index in [1.807, 2.05) is 12.1 Å². The lowest BCUT2D eigenvalue weighted by molar-refractivity contribution is -0.385. The fourth-order valence-corrected chi connectivity index (χ4v) is 2.36. The number of nitrogens with zero attached hydrogens (tertiary/aromatic N) is 2. The van der Waals surface area contributed by atoms with Crippen LogP contribution in [0.5, 0.6) is 0 Å². The molecule has 1 N–H and O–H groups in total. The number of rotatable bonds is 3. The zero-order valence-electron chi connectivity index (χ0n) is 11.3. The maximum Gasteiger partial charge on any atom is 0.272 e. The van der Waals surface area contributed by atoms with E-state index in [9.17, 15) is 10.1 Å². The van der Waals surface area contributed by atoms with Crippen LogP contribution in [0.3, 0.4) is 0 Å². The molecule has 1 unspecified atom stereocenters. The summed E-state index contributed by atoms with van der Waals surface area (Å²) in [6, 6.07) is 6.00. The van der Waals surface area contributed by atoms with Crippen molar-refractivity contribution in [3.05, 3.63) is 39.4 Å². The van der Waals surface area contributed by atoms with E-state index in [0.29, 0.717) is 6.04 Å². The molecule has 19 heavy (non-hydrogen) atoms. The van der Waals surface area contributed by atoms with Gasteiger partial charge in [0.05, 0.1) is 4.92 Å². The molecule has 0 spiro atoms. The average Bonchev–Trinajstić information content (AvgIpc) is 2.31. The van der Waals surface area contributed by atoms with Gasteiger partial charge in [-0.3, -0.25) is 15.0 Å². The maximum atomic E-state index is 10.9. The van der Waals surface area contributed by atoms with Crippen molar-refractivity contribution < 1.29 is 4.92 Å². The van der Waals surface area contributed by atoms with E-state index < -0.39 is 0 Å². The summed E-state index contributed by atoms with van der Waals surface area (Å²) in [6.07, 6.45) is 0. The van der Waals surface area contributed by atoms with E-state index in [4.69, 9.17) is 0 Å². The number of aryl methyl sites for hydroxylation is 1. The van der Waals surface area contributed by atoms with E-state index in [1.54, 1.807) is 13.0 Å². The fourth-order valence-electron chi connectivity index (χ4n) is 2.36. The molecule has 1 aromatic rings. The molecule has 1 atom stereocenters. The third-order valence-corrected chi connectivity index (χ3v) is 3.33. The number of hydrogen-bond acceptors (Lipinski definition) is 4. The SMILES string of the molecule is Cc1ccc(CN2CCNC(C)C2)cc1[N+](=O)[O-].Cl. The highest BCUT2D eigenvalue weighted by molar-refractivity contribution is 5.85. The second-order valence-electron chi connectivity index (χ2n) is 4.97. The smallest absolute Gasteiger partial charge is 0.272 e. The second-order valence-corrected chi connectivity index (χ2v) is 4.97. The number of benzene rings is 1. The fraction of sp³-hybridized carbons (Fsp3) is 0.538. The Labute approximate surface area is 119 Å². The first kappa shape index (κ1) is 15.9. The van der Waals surface area contributed by atoms with Crippen molar-refractivity contribution in [1.29, 1.82) is 0 Å². The number of piperazine rings is 1. The Morgan fingerprint density at radius 3 is 2.89 bits per heavy atom. The topological polar surface area (TPSA) is 58.4 Å². The van der Waals surface area contributed by atoms with Crippen LogP contribution in [0.2, 0.25) is 0 Å². The molecule has 0 aliphatic carbocycles. The van der Waals surface area contributed by atoms with Crippen molar-refractivity contribution in [3.8, 4) is 0 Å². The Balaban J connectivity index is 0.00000180. The van der Waals surface area contributed by atoms with Gasteiger partial charge < -0.3 is 5.32 Å². The third-order valence-electron chi connectivity index (χ3n) is 3.33. The van der Waals surface area contributed by atoms with Crippen molar-refractivity contribution in [3.63, 3.8) is 0 Å². The van der Waals surface area contributed by atoms with Gasteiger partial charge in [0.1, 0.15) is 0 Å². The highest BCUT2D eigenvalue weighted by atomic mass is 35.5. The Morgan fingerprint density at radius 1 is 1.53 bits per heavy atom. The summed E-state index contributed by atoms with van der Waals surface area (Å²) in [5.74, 6) is 0. The highest BCUT2D eigenvalue weighted by Crippen LogP contribution is 2.20. The van der Waals surface area contributed by atoms with Crippen molar-refractivity contribution in [1.82, 2.24) is 10.2 Å².